The summed E-state index contributed by atoms with van der Waals surface area (Å²) < 4.78 is 27.3. The minimum Gasteiger partial charge on any atom is -0.332 e. The second-order valence-corrected chi connectivity index (χ2v) is 6.04. The maximum Gasteiger partial charge on any atom is 0.257 e. The fourth-order valence-corrected chi connectivity index (χ4v) is 3.15. The quantitative estimate of drug-likeness (QED) is 0.790. The molecule has 1 aliphatic rings. The van der Waals surface area contributed by atoms with Crippen LogP contribution in [0.2, 0.25) is 0 Å². The number of carbonyl (C=O) groups excluding carboxylic acids is 1. The first-order chi connectivity index (χ1) is 11.1. The molecule has 1 heterocycles. The highest BCUT2D eigenvalue weighted by atomic mass is 19.1. The topological polar surface area (TPSA) is 20.3 Å². The van der Waals surface area contributed by atoms with Crippen molar-refractivity contribution in [3.05, 3.63) is 70.8 Å². The van der Waals surface area contributed by atoms with Gasteiger partial charge in [-0.1, -0.05) is 18.2 Å². The van der Waals surface area contributed by atoms with Crippen molar-refractivity contribution < 1.29 is 13.6 Å². The largest absolute Gasteiger partial charge is 0.332 e. The van der Waals surface area contributed by atoms with Crippen LogP contribution in [0.5, 0.6) is 0 Å². The van der Waals surface area contributed by atoms with Gasteiger partial charge in [0, 0.05) is 6.54 Å². The van der Waals surface area contributed by atoms with E-state index in [9.17, 15) is 13.6 Å². The van der Waals surface area contributed by atoms with Crippen LogP contribution in [-0.2, 0) is 0 Å². The van der Waals surface area contributed by atoms with E-state index in [1.165, 1.54) is 18.2 Å². The van der Waals surface area contributed by atoms with Gasteiger partial charge in [-0.2, -0.15) is 0 Å². The van der Waals surface area contributed by atoms with Crippen LogP contribution in [0.4, 0.5) is 8.78 Å². The zero-order valence-corrected chi connectivity index (χ0v) is 13.1. The molecule has 2 aromatic carbocycles. The van der Waals surface area contributed by atoms with Crippen molar-refractivity contribution in [2.75, 3.05) is 6.54 Å². The molecular formula is C19H19F2NO. The number of rotatable bonds is 2. The Kier molecular flexibility index (Phi) is 4.42. The lowest BCUT2D eigenvalue weighted by molar-refractivity contribution is 0.0606. The van der Waals surface area contributed by atoms with Gasteiger partial charge in [-0.05, 0) is 61.6 Å². The average molecular weight is 315 g/mol. The Hall–Kier alpha value is -2.23. The Labute approximate surface area is 134 Å². The summed E-state index contributed by atoms with van der Waals surface area (Å²) in [6, 6.07) is 10.8. The van der Waals surface area contributed by atoms with E-state index in [4.69, 9.17) is 0 Å². The van der Waals surface area contributed by atoms with Crippen LogP contribution in [0.1, 0.15) is 46.8 Å². The van der Waals surface area contributed by atoms with Crippen molar-refractivity contribution in [2.24, 2.45) is 0 Å². The highest BCUT2D eigenvalue weighted by Gasteiger charge is 2.29. The van der Waals surface area contributed by atoms with E-state index in [0.29, 0.717) is 6.54 Å². The monoisotopic (exact) mass is 315 g/mol. The molecule has 0 unspecified atom stereocenters. The minimum atomic E-state index is -0.488. The van der Waals surface area contributed by atoms with Crippen molar-refractivity contribution >= 4 is 5.91 Å². The number of amides is 1. The second kappa shape index (κ2) is 6.49. The summed E-state index contributed by atoms with van der Waals surface area (Å²) in [6.45, 7) is 2.38. The number of benzene rings is 2. The molecule has 0 spiro atoms. The summed E-state index contributed by atoms with van der Waals surface area (Å²) in [5, 5.41) is 0. The van der Waals surface area contributed by atoms with Gasteiger partial charge in [-0.15, -0.1) is 0 Å². The predicted molar refractivity (Wildman–Crippen MR) is 85.2 cm³/mol. The van der Waals surface area contributed by atoms with Crippen LogP contribution < -0.4 is 0 Å². The highest BCUT2D eigenvalue weighted by molar-refractivity contribution is 5.95. The van der Waals surface area contributed by atoms with E-state index in [2.05, 4.69) is 0 Å². The Bertz CT molecular complexity index is 712. The molecular weight excluding hydrogens is 296 g/mol. The van der Waals surface area contributed by atoms with Crippen molar-refractivity contribution in [3.63, 3.8) is 0 Å². The number of hydrogen-bond acceptors (Lipinski definition) is 1. The molecule has 0 N–H and O–H groups in total. The number of halogens is 2. The Morgan fingerprint density at radius 3 is 2.52 bits per heavy atom. The molecule has 0 aromatic heterocycles. The Balaban J connectivity index is 1.91. The van der Waals surface area contributed by atoms with Gasteiger partial charge in [-0.25, -0.2) is 8.78 Å². The smallest absolute Gasteiger partial charge is 0.257 e. The molecule has 2 aromatic rings. The standard InChI is InChI=1S/C19H19F2NO/c1-13-5-10-16(17(21)12-13)19(23)22-11-3-2-4-18(22)14-6-8-15(20)9-7-14/h5-10,12,18H,2-4,11H2,1H3/t18-/m0/s1. The van der Waals surface area contributed by atoms with E-state index in [-0.39, 0.29) is 23.3 Å². The zero-order valence-electron chi connectivity index (χ0n) is 13.1. The second-order valence-electron chi connectivity index (χ2n) is 6.04. The number of aryl methyl sites for hydroxylation is 1. The van der Waals surface area contributed by atoms with Gasteiger partial charge in [0.05, 0.1) is 11.6 Å². The molecule has 0 saturated carbocycles. The molecule has 120 valence electrons. The number of likely N-dealkylation sites (tertiary alicyclic amines) is 1. The first-order valence-corrected chi connectivity index (χ1v) is 7.89. The van der Waals surface area contributed by atoms with Crippen LogP contribution in [0.3, 0.4) is 0 Å². The van der Waals surface area contributed by atoms with Gasteiger partial charge < -0.3 is 4.90 Å². The number of hydrogen-bond donors (Lipinski definition) is 0. The number of piperidine rings is 1. The summed E-state index contributed by atoms with van der Waals surface area (Å²) in [7, 11) is 0. The molecule has 0 bridgehead atoms. The summed E-state index contributed by atoms with van der Waals surface area (Å²) in [5.74, 6) is -1.08. The van der Waals surface area contributed by atoms with Crippen molar-refractivity contribution in [1.29, 1.82) is 0 Å². The minimum absolute atomic E-state index is 0.101. The third kappa shape index (κ3) is 3.26. The number of nitrogens with zero attached hydrogens (tertiary/aromatic N) is 1. The summed E-state index contributed by atoms with van der Waals surface area (Å²) >= 11 is 0. The Morgan fingerprint density at radius 2 is 1.83 bits per heavy atom. The Morgan fingerprint density at radius 1 is 1.09 bits per heavy atom. The fourth-order valence-electron chi connectivity index (χ4n) is 3.15. The highest BCUT2D eigenvalue weighted by Crippen LogP contribution is 2.32. The van der Waals surface area contributed by atoms with Gasteiger partial charge in [-0.3, -0.25) is 4.79 Å². The van der Waals surface area contributed by atoms with Crippen LogP contribution >= 0.6 is 0 Å². The van der Waals surface area contributed by atoms with Gasteiger partial charge in [0.25, 0.3) is 5.91 Å². The van der Waals surface area contributed by atoms with Crippen LogP contribution in [0.25, 0.3) is 0 Å². The normalized spacial score (nSPS) is 18.0. The third-order valence-corrected chi connectivity index (χ3v) is 4.37. The fraction of sp³-hybridized carbons (Fsp3) is 0.316. The van der Waals surface area contributed by atoms with Crippen molar-refractivity contribution in [1.82, 2.24) is 4.90 Å². The first-order valence-electron chi connectivity index (χ1n) is 7.89. The van der Waals surface area contributed by atoms with E-state index in [1.54, 1.807) is 36.1 Å². The van der Waals surface area contributed by atoms with Crippen LogP contribution in [-0.4, -0.2) is 17.4 Å². The molecule has 2 nitrogen and oxygen atoms in total. The molecule has 1 saturated heterocycles. The lowest BCUT2D eigenvalue weighted by Crippen LogP contribution is -2.38. The molecule has 1 amide bonds. The maximum atomic E-state index is 14.1. The molecule has 1 fully saturated rings. The lowest BCUT2D eigenvalue weighted by atomic mass is 9.94. The van der Waals surface area contributed by atoms with Gasteiger partial charge in [0.1, 0.15) is 11.6 Å². The van der Waals surface area contributed by atoms with Crippen molar-refractivity contribution in [2.45, 2.75) is 32.2 Å². The summed E-state index contributed by atoms with van der Waals surface area (Å²) in [4.78, 5) is 14.5. The lowest BCUT2D eigenvalue weighted by Gasteiger charge is -2.36. The van der Waals surface area contributed by atoms with Gasteiger partial charge in [0.15, 0.2) is 0 Å². The van der Waals surface area contributed by atoms with E-state index >= 15 is 0 Å². The summed E-state index contributed by atoms with van der Waals surface area (Å²) in [6.07, 6.45) is 2.71. The molecule has 23 heavy (non-hydrogen) atoms. The summed E-state index contributed by atoms with van der Waals surface area (Å²) in [5.41, 5.74) is 1.78. The van der Waals surface area contributed by atoms with E-state index in [1.807, 2.05) is 0 Å². The van der Waals surface area contributed by atoms with Crippen molar-refractivity contribution in [3.8, 4) is 0 Å². The first kappa shape index (κ1) is 15.7. The van der Waals surface area contributed by atoms with Gasteiger partial charge in [0.2, 0.25) is 0 Å². The molecule has 1 aliphatic heterocycles. The van der Waals surface area contributed by atoms with E-state index < -0.39 is 5.82 Å². The molecule has 3 rings (SSSR count). The van der Waals surface area contributed by atoms with Crippen LogP contribution in [0.15, 0.2) is 42.5 Å². The average Bonchev–Trinajstić information content (AvgIpc) is 2.55. The van der Waals surface area contributed by atoms with E-state index in [0.717, 1.165) is 30.4 Å². The van der Waals surface area contributed by atoms with Crippen LogP contribution in [0, 0.1) is 18.6 Å². The van der Waals surface area contributed by atoms with Gasteiger partial charge >= 0.3 is 0 Å². The third-order valence-electron chi connectivity index (χ3n) is 4.37. The molecule has 1 atom stereocenters. The molecule has 0 aliphatic carbocycles. The molecule has 4 heteroatoms. The zero-order chi connectivity index (χ0) is 16.4. The predicted octanol–water partition coefficient (Wildman–Crippen LogP) is 4.64. The molecule has 0 radical (unpaired) electrons. The number of carbonyl (C=O) groups is 1. The SMILES string of the molecule is Cc1ccc(C(=O)N2CCCC[C@H]2c2ccc(F)cc2)c(F)c1. The maximum absolute atomic E-state index is 14.1.